The molecule has 0 N–H and O–H groups in total. The molecule has 10 heavy (non-hydrogen) atoms. The molecule has 1 nitrogen and oxygen atoms in total. The molecular formula is C7H5IrNS. The van der Waals surface area contributed by atoms with Crippen LogP contribution in [0.5, 0.6) is 0 Å². The van der Waals surface area contributed by atoms with E-state index < -0.39 is 0 Å². The van der Waals surface area contributed by atoms with Crippen molar-refractivity contribution in [2.75, 3.05) is 0 Å². The second-order valence-corrected chi connectivity index (χ2v) is 2.71. The summed E-state index contributed by atoms with van der Waals surface area (Å²) in [6, 6.07) is 8.13. The predicted molar refractivity (Wildman–Crippen MR) is 39.6 cm³/mol. The summed E-state index contributed by atoms with van der Waals surface area (Å²) < 4.78 is 1.26. The van der Waals surface area contributed by atoms with E-state index in [1.165, 1.54) is 4.70 Å². The molecule has 2 rings (SSSR count). The van der Waals surface area contributed by atoms with E-state index >= 15 is 0 Å². The fourth-order valence-electron chi connectivity index (χ4n) is 0.803. The normalized spacial score (nSPS) is 9.20. The number of fused-ring (bicyclic) bond motifs is 1. The Morgan fingerprint density at radius 1 is 1.20 bits per heavy atom. The summed E-state index contributed by atoms with van der Waals surface area (Å²) in [7, 11) is 0. The van der Waals surface area contributed by atoms with Crippen LogP contribution in [0, 0.1) is 0 Å². The van der Waals surface area contributed by atoms with Gasteiger partial charge in [0.2, 0.25) is 0 Å². The Balaban J connectivity index is 0.000000500. The van der Waals surface area contributed by atoms with E-state index in [1.807, 2.05) is 23.7 Å². The molecule has 0 aliphatic rings. The average molecular weight is 327 g/mol. The van der Waals surface area contributed by atoms with Crippen LogP contribution in [0.2, 0.25) is 0 Å². The fourth-order valence-corrected chi connectivity index (χ4v) is 1.48. The molecule has 0 saturated heterocycles. The Morgan fingerprint density at radius 2 is 2.00 bits per heavy atom. The van der Waals surface area contributed by atoms with Crippen LogP contribution in [-0.4, -0.2) is 4.98 Å². The van der Waals surface area contributed by atoms with Crippen LogP contribution >= 0.6 is 11.3 Å². The number of rotatable bonds is 0. The van der Waals surface area contributed by atoms with E-state index in [-0.39, 0.29) is 20.1 Å². The second kappa shape index (κ2) is 3.24. The molecule has 1 radical (unpaired) electrons. The Bertz CT molecular complexity index is 288. The topological polar surface area (TPSA) is 12.9 Å². The molecule has 0 spiro atoms. The monoisotopic (exact) mass is 328 g/mol. The minimum atomic E-state index is 0. The van der Waals surface area contributed by atoms with E-state index in [4.69, 9.17) is 0 Å². The van der Waals surface area contributed by atoms with Crippen molar-refractivity contribution in [2.24, 2.45) is 0 Å². The van der Waals surface area contributed by atoms with Crippen molar-refractivity contribution < 1.29 is 20.1 Å². The summed E-state index contributed by atoms with van der Waals surface area (Å²) in [5, 5.41) is 0. The van der Waals surface area contributed by atoms with Crippen LogP contribution in [0.3, 0.4) is 0 Å². The van der Waals surface area contributed by atoms with E-state index in [2.05, 4.69) is 11.1 Å². The van der Waals surface area contributed by atoms with Crippen LogP contribution in [0.25, 0.3) is 10.2 Å². The van der Waals surface area contributed by atoms with Gasteiger partial charge >= 0.3 is 0 Å². The van der Waals surface area contributed by atoms with E-state index in [0.29, 0.717) is 0 Å². The van der Waals surface area contributed by atoms with Crippen molar-refractivity contribution in [3.8, 4) is 0 Å². The summed E-state index contributed by atoms with van der Waals surface area (Å²) >= 11 is 1.68. The quantitative estimate of drug-likeness (QED) is 0.723. The third-order valence-corrected chi connectivity index (χ3v) is 2.05. The second-order valence-electron chi connectivity index (χ2n) is 1.82. The molecule has 1 aromatic carbocycles. The molecule has 53 valence electrons. The number of hydrogen-bond acceptors (Lipinski definition) is 2. The van der Waals surface area contributed by atoms with Gasteiger partial charge in [0.1, 0.15) is 0 Å². The predicted octanol–water partition coefficient (Wildman–Crippen LogP) is 2.29. The largest absolute Gasteiger partial charge is 0.245 e. The third-order valence-electron chi connectivity index (χ3n) is 1.24. The molecule has 0 unspecified atom stereocenters. The van der Waals surface area contributed by atoms with E-state index in [9.17, 15) is 0 Å². The van der Waals surface area contributed by atoms with Crippen LogP contribution < -0.4 is 0 Å². The van der Waals surface area contributed by atoms with Crippen molar-refractivity contribution in [3.63, 3.8) is 0 Å². The molecule has 0 amide bonds. The van der Waals surface area contributed by atoms with Crippen LogP contribution in [0.15, 0.2) is 29.8 Å². The molecular weight excluding hydrogens is 322 g/mol. The summed E-state index contributed by atoms with van der Waals surface area (Å²) in [5.41, 5.74) is 2.97. The molecule has 0 aliphatic heterocycles. The molecule has 0 aliphatic carbocycles. The fraction of sp³-hybridized carbons (Fsp3) is 0. The van der Waals surface area contributed by atoms with Gasteiger partial charge in [-0.15, -0.1) is 11.3 Å². The maximum atomic E-state index is 4.14. The van der Waals surface area contributed by atoms with Gasteiger partial charge in [-0.2, -0.15) is 0 Å². The van der Waals surface area contributed by atoms with Crippen LogP contribution in [-0.2, 0) is 20.1 Å². The average Bonchev–Trinajstić information content (AvgIpc) is 2.33. The number of aromatic nitrogens is 1. The van der Waals surface area contributed by atoms with Gasteiger partial charge in [-0.1, -0.05) is 12.1 Å². The van der Waals surface area contributed by atoms with Crippen molar-refractivity contribution in [1.29, 1.82) is 0 Å². The SMILES string of the molecule is [Ir].c1ccc2scnc2c1. The molecule has 0 bridgehead atoms. The maximum absolute atomic E-state index is 4.14. The van der Waals surface area contributed by atoms with E-state index in [0.717, 1.165) is 5.52 Å². The first-order valence-corrected chi connectivity index (χ1v) is 3.63. The number of thiazole rings is 1. The zero-order valence-electron chi connectivity index (χ0n) is 5.08. The first kappa shape index (κ1) is 7.86. The molecule has 3 heteroatoms. The molecule has 0 saturated carbocycles. The summed E-state index contributed by atoms with van der Waals surface area (Å²) in [4.78, 5) is 4.14. The smallest absolute Gasteiger partial charge is 0.0812 e. The Labute approximate surface area is 76.5 Å². The van der Waals surface area contributed by atoms with Crippen LogP contribution in [0.1, 0.15) is 0 Å². The number of para-hydroxylation sites is 1. The van der Waals surface area contributed by atoms with Crippen molar-refractivity contribution in [2.45, 2.75) is 0 Å². The molecule has 1 heterocycles. The first-order chi connectivity index (χ1) is 4.47. The van der Waals surface area contributed by atoms with Gasteiger partial charge in [0, 0.05) is 20.1 Å². The summed E-state index contributed by atoms with van der Waals surface area (Å²) in [6.07, 6.45) is 0. The summed E-state index contributed by atoms with van der Waals surface area (Å²) in [5.74, 6) is 0. The zero-order valence-corrected chi connectivity index (χ0v) is 8.29. The number of benzene rings is 1. The number of nitrogens with zero attached hydrogens (tertiary/aromatic N) is 1. The molecule has 2 aromatic rings. The third kappa shape index (κ3) is 1.26. The van der Waals surface area contributed by atoms with Gasteiger partial charge in [-0.05, 0) is 12.1 Å². The molecule has 1 aromatic heterocycles. The minimum Gasteiger partial charge on any atom is -0.245 e. The van der Waals surface area contributed by atoms with Gasteiger partial charge in [0.05, 0.1) is 15.7 Å². The Morgan fingerprint density at radius 3 is 2.80 bits per heavy atom. The first-order valence-electron chi connectivity index (χ1n) is 2.75. The minimum absolute atomic E-state index is 0. The van der Waals surface area contributed by atoms with Crippen molar-refractivity contribution >= 4 is 21.6 Å². The molecule has 0 fully saturated rings. The van der Waals surface area contributed by atoms with Gasteiger partial charge in [0.15, 0.2) is 0 Å². The standard InChI is InChI=1S/C7H5NS.Ir/c1-2-4-7-6(3-1)8-5-9-7;/h1-5H;. The zero-order chi connectivity index (χ0) is 6.10. The van der Waals surface area contributed by atoms with Gasteiger partial charge < -0.3 is 0 Å². The van der Waals surface area contributed by atoms with Gasteiger partial charge in [-0.25, -0.2) is 4.98 Å². The Hall–Kier alpha value is -0.241. The van der Waals surface area contributed by atoms with E-state index in [1.54, 1.807) is 11.3 Å². The van der Waals surface area contributed by atoms with Crippen molar-refractivity contribution in [3.05, 3.63) is 29.8 Å². The van der Waals surface area contributed by atoms with Crippen LogP contribution in [0.4, 0.5) is 0 Å². The number of hydrogen-bond donors (Lipinski definition) is 0. The molecule has 0 atom stereocenters. The Kier molecular flexibility index (Phi) is 2.55. The van der Waals surface area contributed by atoms with Gasteiger partial charge in [0.25, 0.3) is 0 Å². The summed E-state index contributed by atoms with van der Waals surface area (Å²) in [6.45, 7) is 0. The maximum Gasteiger partial charge on any atom is 0.0812 e. The van der Waals surface area contributed by atoms with Gasteiger partial charge in [-0.3, -0.25) is 0 Å². The van der Waals surface area contributed by atoms with Crippen molar-refractivity contribution in [1.82, 2.24) is 4.98 Å².